The predicted octanol–water partition coefficient (Wildman–Crippen LogP) is 2.33. The van der Waals surface area contributed by atoms with Crippen LogP contribution in [0.5, 0.6) is 0 Å². The molecule has 0 aromatic carbocycles. The summed E-state index contributed by atoms with van der Waals surface area (Å²) in [5.41, 5.74) is -2.78. The second kappa shape index (κ2) is 20.5. The van der Waals surface area contributed by atoms with Gasteiger partial charge < -0.3 is 50.0 Å². The van der Waals surface area contributed by atoms with E-state index in [1.165, 1.54) is 9.80 Å². The summed E-state index contributed by atoms with van der Waals surface area (Å²) < 4.78 is 20.9. The third kappa shape index (κ3) is 26.6. The zero-order valence-electron chi connectivity index (χ0n) is 31.5. The van der Waals surface area contributed by atoms with Gasteiger partial charge >= 0.3 is 24.4 Å². The molecule has 0 aliphatic rings. The minimum atomic E-state index is -0.696. The zero-order chi connectivity index (χ0) is 38.1. The summed E-state index contributed by atoms with van der Waals surface area (Å²) in [4.78, 5) is 77.5. The van der Waals surface area contributed by atoms with Crippen LogP contribution in [0.3, 0.4) is 0 Å². The first kappa shape index (κ1) is 45.0. The predicted molar refractivity (Wildman–Crippen MR) is 183 cm³/mol. The Morgan fingerprint density at radius 2 is 0.612 bits per heavy atom. The molecule has 0 bridgehead atoms. The summed E-state index contributed by atoms with van der Waals surface area (Å²) in [5, 5.41) is 13.2. The van der Waals surface area contributed by atoms with Crippen molar-refractivity contribution in [2.75, 3.05) is 65.4 Å². The van der Waals surface area contributed by atoms with E-state index in [-0.39, 0.29) is 65.4 Å². The topological polar surface area (TPSA) is 206 Å². The van der Waals surface area contributed by atoms with E-state index in [1.807, 2.05) is 0 Å². The molecular formula is C32H61N7O10. The van der Waals surface area contributed by atoms with Crippen LogP contribution in [0, 0.1) is 0 Å². The highest BCUT2D eigenvalue weighted by Crippen LogP contribution is 2.08. The number of carbonyl (C=O) groups excluding carboxylic acids is 6. The SMILES string of the molecule is CC(C)(C)OC(=O)NCCN(CCNC(=O)OC(C)(C)C)C(=O)CNCC(=O)N(CCNC(=O)OC(C)(C)C)CCNC(=O)OC(C)(C)C. The average Bonchev–Trinajstić information content (AvgIpc) is 2.87. The maximum absolute atomic E-state index is 13.2. The van der Waals surface area contributed by atoms with Crippen molar-refractivity contribution in [1.82, 2.24) is 36.4 Å². The number of nitrogens with zero attached hydrogens (tertiary/aromatic N) is 2. The second-order valence-corrected chi connectivity index (χ2v) is 15.1. The van der Waals surface area contributed by atoms with Crippen molar-refractivity contribution in [3.8, 4) is 0 Å². The van der Waals surface area contributed by atoms with Crippen molar-refractivity contribution in [3.05, 3.63) is 0 Å². The van der Waals surface area contributed by atoms with Gasteiger partial charge in [-0.25, -0.2) is 19.2 Å². The lowest BCUT2D eigenvalue weighted by molar-refractivity contribution is -0.131. The van der Waals surface area contributed by atoms with Gasteiger partial charge in [0.15, 0.2) is 0 Å². The summed E-state index contributed by atoms with van der Waals surface area (Å²) >= 11 is 0. The molecule has 0 spiro atoms. The van der Waals surface area contributed by atoms with Gasteiger partial charge in [0.2, 0.25) is 11.8 Å². The van der Waals surface area contributed by atoms with Crippen LogP contribution >= 0.6 is 0 Å². The Balaban J connectivity index is 5.32. The molecular weight excluding hydrogens is 642 g/mol. The summed E-state index contributed by atoms with van der Waals surface area (Å²) in [5.74, 6) is -0.788. The van der Waals surface area contributed by atoms with Crippen LogP contribution in [0.4, 0.5) is 19.2 Å². The second-order valence-electron chi connectivity index (χ2n) is 15.1. The lowest BCUT2D eigenvalue weighted by Gasteiger charge is -2.26. The number of carbonyl (C=O) groups is 6. The Morgan fingerprint density at radius 3 is 0.796 bits per heavy atom. The monoisotopic (exact) mass is 703 g/mol. The largest absolute Gasteiger partial charge is 0.444 e. The van der Waals surface area contributed by atoms with Crippen LogP contribution in [-0.4, -0.2) is 134 Å². The van der Waals surface area contributed by atoms with Crippen LogP contribution in [0.1, 0.15) is 83.1 Å². The van der Waals surface area contributed by atoms with E-state index in [0.29, 0.717) is 0 Å². The fraction of sp³-hybridized carbons (Fsp3) is 0.812. The number of ether oxygens (including phenoxy) is 4. The van der Waals surface area contributed by atoms with Gasteiger partial charge in [-0.3, -0.25) is 14.9 Å². The molecule has 17 nitrogen and oxygen atoms in total. The van der Waals surface area contributed by atoms with Gasteiger partial charge in [0.1, 0.15) is 22.4 Å². The van der Waals surface area contributed by atoms with Crippen LogP contribution in [0.25, 0.3) is 0 Å². The van der Waals surface area contributed by atoms with Gasteiger partial charge in [0, 0.05) is 52.4 Å². The lowest BCUT2D eigenvalue weighted by Crippen LogP contribution is -2.49. The number of hydrogen-bond donors (Lipinski definition) is 5. The maximum Gasteiger partial charge on any atom is 0.407 e. The number of nitrogens with one attached hydrogen (secondary N) is 5. The van der Waals surface area contributed by atoms with Crippen molar-refractivity contribution in [2.45, 2.75) is 105 Å². The minimum Gasteiger partial charge on any atom is -0.444 e. The third-order valence-corrected chi connectivity index (χ3v) is 5.46. The fourth-order valence-corrected chi connectivity index (χ4v) is 3.65. The Morgan fingerprint density at radius 1 is 0.408 bits per heavy atom. The molecule has 17 heteroatoms. The normalized spacial score (nSPS) is 11.8. The fourth-order valence-electron chi connectivity index (χ4n) is 3.65. The van der Waals surface area contributed by atoms with Gasteiger partial charge in [-0.15, -0.1) is 0 Å². The van der Waals surface area contributed by atoms with Crippen molar-refractivity contribution in [1.29, 1.82) is 0 Å². The molecule has 0 aliphatic heterocycles. The van der Waals surface area contributed by atoms with Crippen molar-refractivity contribution < 1.29 is 47.7 Å². The van der Waals surface area contributed by atoms with E-state index in [2.05, 4.69) is 26.6 Å². The smallest absolute Gasteiger partial charge is 0.407 e. The number of hydrogen-bond acceptors (Lipinski definition) is 11. The minimum absolute atomic E-state index is 0.0785. The molecule has 6 amide bonds. The Bertz CT molecular complexity index is 938. The van der Waals surface area contributed by atoms with Crippen LogP contribution < -0.4 is 26.6 Å². The molecule has 0 unspecified atom stereocenters. The van der Waals surface area contributed by atoms with Crippen molar-refractivity contribution in [3.63, 3.8) is 0 Å². The molecule has 0 rings (SSSR count). The number of alkyl carbamates (subject to hydrolysis) is 4. The van der Waals surface area contributed by atoms with E-state index in [0.717, 1.165) is 0 Å². The molecule has 0 aromatic heterocycles. The quantitative estimate of drug-likeness (QED) is 0.148. The summed E-state index contributed by atoms with van der Waals surface area (Å²) in [6.45, 7) is 21.0. The van der Waals surface area contributed by atoms with Crippen LogP contribution in [0.2, 0.25) is 0 Å². The molecule has 0 radical (unpaired) electrons. The summed E-state index contributed by atoms with van der Waals surface area (Å²) in [6, 6.07) is 0. The van der Waals surface area contributed by atoms with Crippen molar-refractivity contribution in [2.24, 2.45) is 0 Å². The molecule has 0 atom stereocenters. The molecule has 0 fully saturated rings. The van der Waals surface area contributed by atoms with Crippen LogP contribution in [0.15, 0.2) is 0 Å². The van der Waals surface area contributed by atoms with Crippen LogP contribution in [-0.2, 0) is 28.5 Å². The van der Waals surface area contributed by atoms with E-state index in [9.17, 15) is 28.8 Å². The molecule has 0 aliphatic carbocycles. The van der Waals surface area contributed by atoms with Crippen molar-refractivity contribution >= 4 is 36.2 Å². The number of rotatable bonds is 16. The molecule has 0 aromatic rings. The first-order valence-corrected chi connectivity index (χ1v) is 16.4. The van der Waals surface area contributed by atoms with Gasteiger partial charge in [0.05, 0.1) is 13.1 Å². The highest BCUT2D eigenvalue weighted by molar-refractivity contribution is 5.81. The Kier molecular flexibility index (Phi) is 18.8. The molecule has 284 valence electrons. The first-order valence-electron chi connectivity index (χ1n) is 16.4. The lowest BCUT2D eigenvalue weighted by atomic mass is 10.2. The first-order chi connectivity index (χ1) is 22.3. The molecule has 5 N–H and O–H groups in total. The van der Waals surface area contributed by atoms with E-state index in [1.54, 1.807) is 83.1 Å². The molecule has 0 heterocycles. The Labute approximate surface area is 291 Å². The number of amides is 6. The summed E-state index contributed by atoms with van der Waals surface area (Å²) in [7, 11) is 0. The van der Waals surface area contributed by atoms with E-state index < -0.39 is 58.6 Å². The van der Waals surface area contributed by atoms with Gasteiger partial charge in [-0.2, -0.15) is 0 Å². The molecule has 49 heavy (non-hydrogen) atoms. The highest BCUT2D eigenvalue weighted by atomic mass is 16.6. The molecule has 0 saturated carbocycles. The Hall–Kier alpha value is -4.02. The van der Waals surface area contributed by atoms with Gasteiger partial charge in [-0.05, 0) is 83.1 Å². The standard InChI is InChI=1S/C32H61N7O10/c1-29(2,3)46-25(42)34-13-17-38(18-14-35-26(43)47-30(4,5)6)23(40)21-33-22-24(41)39(19-15-36-27(44)48-31(7,8)9)20-16-37-28(45)49-32(10,11)12/h33H,13-22H2,1-12H3,(H,34,42)(H,35,43)(H,36,44)(H,37,45). The highest BCUT2D eigenvalue weighted by Gasteiger charge is 2.22. The average molecular weight is 704 g/mol. The summed E-state index contributed by atoms with van der Waals surface area (Å²) in [6.07, 6.45) is -2.56. The maximum atomic E-state index is 13.2. The van der Waals surface area contributed by atoms with E-state index in [4.69, 9.17) is 18.9 Å². The zero-order valence-corrected chi connectivity index (χ0v) is 31.5. The van der Waals surface area contributed by atoms with E-state index >= 15 is 0 Å². The van der Waals surface area contributed by atoms with Gasteiger partial charge in [0.25, 0.3) is 0 Å². The van der Waals surface area contributed by atoms with Gasteiger partial charge in [-0.1, -0.05) is 0 Å². The third-order valence-electron chi connectivity index (χ3n) is 5.46. The molecule has 0 saturated heterocycles.